The van der Waals surface area contributed by atoms with Crippen molar-refractivity contribution in [3.05, 3.63) is 126 Å². The van der Waals surface area contributed by atoms with Gasteiger partial charge in [-0.25, -0.2) is 9.97 Å². The molecule has 28 heteroatoms. The zero-order valence-electron chi connectivity index (χ0n) is 42.8. The van der Waals surface area contributed by atoms with Gasteiger partial charge in [0.25, 0.3) is 0 Å². The molecular formula is C44H42N8Na4O12P4. The Balaban J connectivity index is 0.00000361. The standard InChI is InChI=1S/C44H38N8O12P4.4Na.4H/c45-40-27(5-1-9-33(40)65(53,54)55)37-30-18-17-25(51-30)20-24-14-13-22(49-24)19-23-15-16-26(50-23)21-32-38(28-6-2-10-34(41(28)46)66(56,57)58)39(29-7-3-11-35(42(29)47)67(59,60)61)44(37)52(32)31-8-4-12-36(43(31)48)68(62,63)64;;;;;;;;/h1-21,49H,45-48H2,(H2,53,54,55)(H2,56,57,58)(H2,59,60,61)(H2,62,63,64);;;;;;;;/q;4*+1;4*-1. The van der Waals surface area contributed by atoms with Crippen molar-refractivity contribution >= 4 is 121 Å². The zero-order valence-corrected chi connectivity index (χ0v) is 50.4. The fourth-order valence-electron chi connectivity index (χ4n) is 8.41. The number of nitrogens with one attached hydrogen (secondary N) is 1. The van der Waals surface area contributed by atoms with Crippen LogP contribution in [0.5, 0.6) is 0 Å². The molecule has 8 bridgehead atoms. The van der Waals surface area contributed by atoms with E-state index in [1.54, 1.807) is 42.5 Å². The van der Waals surface area contributed by atoms with E-state index in [1.807, 2.05) is 6.07 Å². The number of hydrogen-bond acceptors (Lipinski definition) is 10. The molecule has 72 heavy (non-hydrogen) atoms. The van der Waals surface area contributed by atoms with E-state index in [-0.39, 0.29) is 185 Å². The summed E-state index contributed by atoms with van der Waals surface area (Å²) in [5.74, 6) is 0. The monoisotopic (exact) mass is 1090 g/mol. The third-order valence-electron chi connectivity index (χ3n) is 11.3. The summed E-state index contributed by atoms with van der Waals surface area (Å²) in [4.78, 5) is 98.2. The van der Waals surface area contributed by atoms with E-state index in [2.05, 4.69) is 4.98 Å². The van der Waals surface area contributed by atoms with Crippen molar-refractivity contribution in [1.29, 1.82) is 0 Å². The average molecular weight is 1090 g/mol. The van der Waals surface area contributed by atoms with Gasteiger partial charge < -0.3 is 77.3 Å². The molecule has 17 N–H and O–H groups in total. The van der Waals surface area contributed by atoms with Gasteiger partial charge in [-0.1, -0.05) is 42.5 Å². The predicted molar refractivity (Wildman–Crippen MR) is 269 cm³/mol. The number of nitrogens with zero attached hydrogens (tertiary/aromatic N) is 3. The third-order valence-corrected chi connectivity index (χ3v) is 15.4. The van der Waals surface area contributed by atoms with Gasteiger partial charge in [0.2, 0.25) is 0 Å². The summed E-state index contributed by atoms with van der Waals surface area (Å²) in [6.07, 6.45) is 6.50. The molecule has 7 aromatic rings. The number of fused-ring (bicyclic) bond motifs is 8. The topological polar surface area (TPSA) is 381 Å². The number of aromatic nitrogens is 4. The van der Waals surface area contributed by atoms with Crippen LogP contribution in [-0.4, -0.2) is 58.7 Å². The van der Waals surface area contributed by atoms with Crippen LogP contribution in [0.3, 0.4) is 0 Å². The normalized spacial score (nSPS) is 12.3. The van der Waals surface area contributed by atoms with E-state index in [9.17, 15) is 57.4 Å². The molecule has 0 amide bonds. The summed E-state index contributed by atoms with van der Waals surface area (Å²) in [5, 5.41) is -2.49. The molecule has 4 aromatic carbocycles. The molecule has 0 fully saturated rings. The maximum Gasteiger partial charge on any atom is 1.00 e. The molecule has 3 aromatic heterocycles. The Morgan fingerprint density at radius 2 is 0.819 bits per heavy atom. The molecule has 0 atom stereocenters. The number of anilines is 4. The van der Waals surface area contributed by atoms with E-state index < -0.39 is 74.4 Å². The number of rotatable bonds is 8. The van der Waals surface area contributed by atoms with E-state index >= 15 is 0 Å². The van der Waals surface area contributed by atoms with Gasteiger partial charge in [-0.15, -0.1) is 0 Å². The summed E-state index contributed by atoms with van der Waals surface area (Å²) in [5.41, 5.74) is 26.7. The summed E-state index contributed by atoms with van der Waals surface area (Å²) in [6.45, 7) is 0. The molecule has 2 aliphatic heterocycles. The summed E-state index contributed by atoms with van der Waals surface area (Å²) in [7, 11) is -20.7. The molecule has 0 spiro atoms. The average Bonchev–Trinajstić information content (AvgIpc) is 4.05. The Bertz CT molecular complexity index is 3810. The Morgan fingerprint density at radius 1 is 0.444 bits per heavy atom. The van der Waals surface area contributed by atoms with Crippen LogP contribution in [0, 0.1) is 0 Å². The maximum atomic E-state index is 13.2. The van der Waals surface area contributed by atoms with E-state index in [0.717, 1.165) is 24.3 Å². The number of nitrogens with two attached hydrogens (primary N) is 4. The molecule has 0 unspecified atom stereocenters. The van der Waals surface area contributed by atoms with Crippen LogP contribution < -0.4 is 162 Å². The van der Waals surface area contributed by atoms with Crippen LogP contribution in [0.4, 0.5) is 22.7 Å². The van der Waals surface area contributed by atoms with Crippen LogP contribution in [0.15, 0.2) is 103 Å². The minimum Gasteiger partial charge on any atom is -1.00 e. The van der Waals surface area contributed by atoms with Crippen molar-refractivity contribution in [2.45, 2.75) is 0 Å². The second-order valence-electron chi connectivity index (χ2n) is 15.6. The molecule has 2 aliphatic rings. The molecule has 9 rings (SSSR count). The first-order chi connectivity index (χ1) is 31.9. The van der Waals surface area contributed by atoms with Gasteiger partial charge in [0, 0.05) is 44.4 Å². The van der Waals surface area contributed by atoms with Crippen molar-refractivity contribution in [3.63, 3.8) is 0 Å². The van der Waals surface area contributed by atoms with Crippen LogP contribution in [-0.2, 0) is 18.3 Å². The van der Waals surface area contributed by atoms with Crippen LogP contribution in [0.1, 0.15) is 28.5 Å². The Kier molecular flexibility index (Phi) is 18.8. The van der Waals surface area contributed by atoms with Crippen molar-refractivity contribution < 1.29 is 181 Å². The van der Waals surface area contributed by atoms with E-state index in [1.165, 1.54) is 59.2 Å². The molecule has 0 saturated carbocycles. The largest absolute Gasteiger partial charge is 1.00 e. The second-order valence-corrected chi connectivity index (χ2v) is 21.9. The first-order valence-electron chi connectivity index (χ1n) is 19.9. The number of nitrogen functional groups attached to an aromatic ring is 4. The fourth-order valence-corrected chi connectivity index (χ4v) is 11.3. The maximum absolute atomic E-state index is 13.2. The second kappa shape index (κ2) is 22.5. The fraction of sp³-hybridized carbons (Fsp3) is 0. The third kappa shape index (κ3) is 11.5. The number of H-pyrrole nitrogens is 1. The number of para-hydroxylation sites is 4. The van der Waals surface area contributed by atoms with E-state index in [0.29, 0.717) is 22.4 Å². The Labute approximate surface area is 503 Å². The van der Waals surface area contributed by atoms with Gasteiger partial charge in [-0.2, -0.15) is 0 Å². The number of hydrogen-bond donors (Lipinski definition) is 13. The predicted octanol–water partition coefficient (Wildman–Crippen LogP) is -6.87. The van der Waals surface area contributed by atoms with Crippen LogP contribution in [0.25, 0.3) is 85.4 Å². The number of benzene rings is 4. The molecule has 0 aliphatic carbocycles. The van der Waals surface area contributed by atoms with Crippen molar-refractivity contribution in [2.24, 2.45) is 0 Å². The van der Waals surface area contributed by atoms with Crippen LogP contribution >= 0.6 is 30.4 Å². The van der Waals surface area contributed by atoms with Gasteiger partial charge >= 0.3 is 149 Å². The SMILES string of the molecule is Nc1c(-c2c(-c3cccc(P(=O)(O)O)c3N)c3c(-c4cccc(P(=O)(O)O)c4N)c4nc(cc5ccc(cc6nc(cc2n3-c2cccc(P(=O)(O)O)c2N)C=C6)[nH]5)C=C4)cccc1P(=O)(O)O.[H-].[H-].[H-].[H-].[Na+].[Na+].[Na+].[Na+]. The Hall–Kier alpha value is -2.72. The van der Waals surface area contributed by atoms with Crippen molar-refractivity contribution in [3.8, 4) is 39.1 Å². The zero-order chi connectivity index (χ0) is 48.8. The van der Waals surface area contributed by atoms with Crippen molar-refractivity contribution in [1.82, 2.24) is 19.5 Å². The van der Waals surface area contributed by atoms with Gasteiger partial charge in [0.05, 0.1) is 83.5 Å². The molecule has 5 heterocycles. The summed E-state index contributed by atoms with van der Waals surface area (Å²) >= 11 is 0. The molecular weight excluding hydrogens is 1050 g/mol. The van der Waals surface area contributed by atoms with Crippen molar-refractivity contribution in [2.75, 3.05) is 22.9 Å². The molecule has 20 nitrogen and oxygen atoms in total. The smallest absolute Gasteiger partial charge is 1.00 e. The minimum absolute atomic E-state index is 0. The molecule has 354 valence electrons. The van der Waals surface area contributed by atoms with E-state index in [4.69, 9.17) is 32.9 Å². The van der Waals surface area contributed by atoms with Gasteiger partial charge in [0.1, 0.15) is 0 Å². The number of aromatic amines is 1. The summed E-state index contributed by atoms with van der Waals surface area (Å²) in [6, 6.07) is 23.9. The van der Waals surface area contributed by atoms with Gasteiger partial charge in [0.15, 0.2) is 0 Å². The van der Waals surface area contributed by atoms with Crippen LogP contribution in [0.2, 0.25) is 0 Å². The first-order valence-corrected chi connectivity index (χ1v) is 26.3. The first kappa shape index (κ1) is 60.1. The molecule has 0 saturated heterocycles. The quantitative estimate of drug-likeness (QED) is 0.0382. The minimum atomic E-state index is -5.21. The van der Waals surface area contributed by atoms with Gasteiger partial charge in [-0.05, 0) is 85.0 Å². The Morgan fingerprint density at radius 3 is 1.28 bits per heavy atom. The van der Waals surface area contributed by atoms with Gasteiger partial charge in [-0.3, -0.25) is 18.3 Å². The summed E-state index contributed by atoms with van der Waals surface area (Å²) < 4.78 is 54.0. The molecule has 0 radical (unpaired) electrons.